The van der Waals surface area contributed by atoms with Gasteiger partial charge in [-0.3, -0.25) is 4.99 Å². The summed E-state index contributed by atoms with van der Waals surface area (Å²) in [5, 5.41) is 3.36. The second kappa shape index (κ2) is 5.70. The third kappa shape index (κ3) is 3.15. The Morgan fingerprint density at radius 2 is 2.15 bits per heavy atom. The maximum absolute atomic E-state index is 3.85. The van der Waals surface area contributed by atoms with Gasteiger partial charge in [-0.15, -0.1) is 0 Å². The van der Waals surface area contributed by atoms with Gasteiger partial charge in [0.05, 0.1) is 0 Å². The maximum Gasteiger partial charge on any atom is 0.0295 e. The van der Waals surface area contributed by atoms with Gasteiger partial charge in [-0.1, -0.05) is 12.2 Å². The second-order valence-electron chi connectivity index (χ2n) is 3.34. The molecule has 2 nitrogen and oxygen atoms in total. The van der Waals surface area contributed by atoms with Gasteiger partial charge in [-0.05, 0) is 51.1 Å². The van der Waals surface area contributed by atoms with Crippen molar-refractivity contribution in [3.63, 3.8) is 0 Å². The van der Waals surface area contributed by atoms with Gasteiger partial charge in [0.2, 0.25) is 0 Å². The fraction of sp³-hybridized carbons (Fsp3) is 0.545. The molecule has 0 aromatic heterocycles. The Bertz CT molecular complexity index is 210. The maximum atomic E-state index is 3.85. The molecule has 1 rings (SSSR count). The number of aliphatic imine (C=N–C) groups is 1. The van der Waals surface area contributed by atoms with E-state index in [1.54, 1.807) is 0 Å². The number of nitrogens with one attached hydrogen (secondary N) is 1. The molecule has 1 fully saturated rings. The van der Waals surface area contributed by atoms with E-state index < -0.39 is 0 Å². The highest BCUT2D eigenvalue weighted by Crippen LogP contribution is 2.22. The minimum absolute atomic E-state index is 0.669. The van der Waals surface area contributed by atoms with Crippen LogP contribution in [0.1, 0.15) is 19.8 Å². The first-order valence-corrected chi connectivity index (χ1v) is 4.87. The van der Waals surface area contributed by atoms with Gasteiger partial charge in [0.1, 0.15) is 0 Å². The molecule has 0 bridgehead atoms. The van der Waals surface area contributed by atoms with Crippen molar-refractivity contribution < 1.29 is 0 Å². The number of hydrogen-bond acceptors (Lipinski definition) is 2. The molecule has 0 radical (unpaired) electrons. The molecule has 0 unspecified atom stereocenters. The Morgan fingerprint density at radius 3 is 2.69 bits per heavy atom. The van der Waals surface area contributed by atoms with Crippen LogP contribution in [-0.4, -0.2) is 19.8 Å². The standard InChI is InChI=1S/C11H18N2/c1-3-4-11(9-12-2)10-5-7-13-8-6-10/h3-4,9-10,13H,2,5-8H2,1H3/b4-3-,11-9+. The van der Waals surface area contributed by atoms with Crippen LogP contribution < -0.4 is 5.32 Å². The molecule has 1 aliphatic rings. The number of hydrogen-bond donors (Lipinski definition) is 1. The topological polar surface area (TPSA) is 24.4 Å². The second-order valence-corrected chi connectivity index (χ2v) is 3.34. The first-order chi connectivity index (χ1) is 6.38. The Kier molecular flexibility index (Phi) is 4.47. The van der Waals surface area contributed by atoms with Crippen molar-refractivity contribution in [1.82, 2.24) is 5.32 Å². The predicted molar refractivity (Wildman–Crippen MR) is 58.0 cm³/mol. The van der Waals surface area contributed by atoms with Crippen LogP contribution in [0.15, 0.2) is 28.9 Å². The summed E-state index contributed by atoms with van der Waals surface area (Å²) >= 11 is 0. The van der Waals surface area contributed by atoms with Gasteiger partial charge >= 0.3 is 0 Å². The van der Waals surface area contributed by atoms with Crippen LogP contribution in [0.5, 0.6) is 0 Å². The predicted octanol–water partition coefficient (Wildman–Crippen LogP) is 2.15. The quantitative estimate of drug-likeness (QED) is 0.519. The zero-order valence-corrected chi connectivity index (χ0v) is 8.29. The largest absolute Gasteiger partial charge is 0.317 e. The number of allylic oxidation sites excluding steroid dienone is 3. The molecule has 0 aliphatic carbocycles. The van der Waals surface area contributed by atoms with Crippen LogP contribution in [0.2, 0.25) is 0 Å². The fourth-order valence-electron chi connectivity index (χ4n) is 1.74. The van der Waals surface area contributed by atoms with E-state index in [4.69, 9.17) is 0 Å². The summed E-state index contributed by atoms with van der Waals surface area (Å²) < 4.78 is 0. The van der Waals surface area contributed by atoms with E-state index in [2.05, 4.69) is 29.2 Å². The summed E-state index contributed by atoms with van der Waals surface area (Å²) in [6, 6.07) is 0. The van der Waals surface area contributed by atoms with Crippen molar-refractivity contribution >= 4 is 6.72 Å². The summed E-state index contributed by atoms with van der Waals surface area (Å²) in [7, 11) is 0. The summed E-state index contributed by atoms with van der Waals surface area (Å²) in [5.74, 6) is 0.669. The minimum atomic E-state index is 0.669. The van der Waals surface area contributed by atoms with E-state index in [0.717, 1.165) is 13.1 Å². The van der Waals surface area contributed by atoms with E-state index in [0.29, 0.717) is 5.92 Å². The average Bonchev–Trinajstić information content (AvgIpc) is 2.19. The SMILES string of the molecule is C=N/C=C(\C=C/C)C1CCNCC1. The third-order valence-corrected chi connectivity index (χ3v) is 2.41. The lowest BCUT2D eigenvalue weighted by molar-refractivity contribution is 0.425. The molecule has 13 heavy (non-hydrogen) atoms. The number of nitrogens with zero attached hydrogens (tertiary/aromatic N) is 1. The van der Waals surface area contributed by atoms with Gasteiger partial charge in [0.25, 0.3) is 0 Å². The summed E-state index contributed by atoms with van der Waals surface area (Å²) in [5.41, 5.74) is 1.32. The van der Waals surface area contributed by atoms with Gasteiger partial charge in [0, 0.05) is 6.20 Å². The van der Waals surface area contributed by atoms with E-state index in [-0.39, 0.29) is 0 Å². The summed E-state index contributed by atoms with van der Waals surface area (Å²) in [6.45, 7) is 7.78. The first-order valence-electron chi connectivity index (χ1n) is 4.87. The van der Waals surface area contributed by atoms with Gasteiger partial charge < -0.3 is 5.32 Å². The lowest BCUT2D eigenvalue weighted by Crippen LogP contribution is -2.28. The molecule has 0 aromatic rings. The van der Waals surface area contributed by atoms with Crippen LogP contribution >= 0.6 is 0 Å². The van der Waals surface area contributed by atoms with Crippen molar-refractivity contribution in [1.29, 1.82) is 0 Å². The van der Waals surface area contributed by atoms with Crippen LogP contribution in [0.4, 0.5) is 0 Å². The van der Waals surface area contributed by atoms with Crippen LogP contribution in [0.3, 0.4) is 0 Å². The molecule has 0 aromatic carbocycles. The van der Waals surface area contributed by atoms with Crippen molar-refractivity contribution in [2.75, 3.05) is 13.1 Å². The third-order valence-electron chi connectivity index (χ3n) is 2.41. The molecule has 1 saturated heterocycles. The molecule has 1 aliphatic heterocycles. The molecule has 72 valence electrons. The number of rotatable bonds is 3. The number of piperidine rings is 1. The van der Waals surface area contributed by atoms with Crippen molar-refractivity contribution in [2.24, 2.45) is 10.9 Å². The highest BCUT2D eigenvalue weighted by molar-refractivity contribution is 5.30. The van der Waals surface area contributed by atoms with Crippen molar-refractivity contribution in [2.45, 2.75) is 19.8 Å². The van der Waals surface area contributed by atoms with Crippen molar-refractivity contribution in [3.05, 3.63) is 23.9 Å². The summed E-state index contributed by atoms with van der Waals surface area (Å²) in [6.07, 6.45) is 8.52. The van der Waals surface area contributed by atoms with E-state index in [9.17, 15) is 0 Å². The highest BCUT2D eigenvalue weighted by Gasteiger charge is 2.15. The molecule has 0 saturated carbocycles. The molecule has 0 amide bonds. The van der Waals surface area contributed by atoms with Gasteiger partial charge in [0.15, 0.2) is 0 Å². The molecule has 2 heteroatoms. The minimum Gasteiger partial charge on any atom is -0.317 e. The Labute approximate surface area is 80.4 Å². The monoisotopic (exact) mass is 178 g/mol. The molecule has 0 atom stereocenters. The zero-order chi connectivity index (χ0) is 9.52. The average molecular weight is 178 g/mol. The Balaban J connectivity index is 2.62. The Morgan fingerprint density at radius 1 is 1.46 bits per heavy atom. The molecule has 1 heterocycles. The zero-order valence-electron chi connectivity index (χ0n) is 8.29. The first kappa shape index (κ1) is 10.2. The molecular formula is C11H18N2. The van der Waals surface area contributed by atoms with E-state index in [1.165, 1.54) is 18.4 Å². The lowest BCUT2D eigenvalue weighted by atomic mass is 9.90. The highest BCUT2D eigenvalue weighted by atomic mass is 14.9. The fourth-order valence-corrected chi connectivity index (χ4v) is 1.74. The Hall–Kier alpha value is -0.890. The molecule has 1 N–H and O–H groups in total. The van der Waals surface area contributed by atoms with Crippen LogP contribution in [-0.2, 0) is 0 Å². The smallest absolute Gasteiger partial charge is 0.0295 e. The van der Waals surface area contributed by atoms with Crippen LogP contribution in [0, 0.1) is 5.92 Å². The molecular weight excluding hydrogens is 160 g/mol. The van der Waals surface area contributed by atoms with Gasteiger partial charge in [-0.2, -0.15) is 0 Å². The molecule has 0 spiro atoms. The summed E-state index contributed by atoms with van der Waals surface area (Å²) in [4.78, 5) is 3.85. The van der Waals surface area contributed by atoms with Gasteiger partial charge in [-0.25, -0.2) is 0 Å². The van der Waals surface area contributed by atoms with E-state index >= 15 is 0 Å². The van der Waals surface area contributed by atoms with Crippen LogP contribution in [0.25, 0.3) is 0 Å². The normalized spacial score (nSPS) is 20.8. The van der Waals surface area contributed by atoms with Crippen molar-refractivity contribution in [3.8, 4) is 0 Å². The van der Waals surface area contributed by atoms with E-state index in [1.807, 2.05) is 13.1 Å². The lowest BCUT2D eigenvalue weighted by Gasteiger charge is -2.23.